The number of esters is 1. The molecule has 0 saturated carbocycles. The molecule has 7 heteroatoms. The molecular formula is C21H28N4O3. The summed E-state index contributed by atoms with van der Waals surface area (Å²) in [5.74, 6) is 0.940. The molecule has 0 unspecified atom stereocenters. The highest BCUT2D eigenvalue weighted by atomic mass is 16.5. The van der Waals surface area contributed by atoms with Crippen LogP contribution in [0.3, 0.4) is 0 Å². The van der Waals surface area contributed by atoms with Crippen molar-refractivity contribution in [3.05, 3.63) is 47.4 Å². The highest BCUT2D eigenvalue weighted by Gasteiger charge is 2.35. The molecule has 1 aliphatic rings. The molecule has 0 fully saturated rings. The van der Waals surface area contributed by atoms with Gasteiger partial charge in [-0.05, 0) is 19.4 Å². The van der Waals surface area contributed by atoms with E-state index in [4.69, 9.17) is 9.47 Å². The van der Waals surface area contributed by atoms with Gasteiger partial charge in [0.1, 0.15) is 18.1 Å². The quantitative estimate of drug-likeness (QED) is 0.518. The second kappa shape index (κ2) is 9.39. The van der Waals surface area contributed by atoms with Crippen LogP contribution in [0, 0.1) is 0 Å². The van der Waals surface area contributed by atoms with Crippen molar-refractivity contribution in [3.63, 3.8) is 0 Å². The van der Waals surface area contributed by atoms with E-state index in [-0.39, 0.29) is 5.97 Å². The van der Waals surface area contributed by atoms with Gasteiger partial charge in [-0.3, -0.25) is 0 Å². The Labute approximate surface area is 165 Å². The number of hydrogen-bond acceptors (Lipinski definition) is 6. The average Bonchev–Trinajstić information content (AvgIpc) is 3.17. The third kappa shape index (κ3) is 4.18. The number of hydrogen-bond donors (Lipinski definition) is 1. The zero-order chi connectivity index (χ0) is 19.9. The van der Waals surface area contributed by atoms with Crippen molar-refractivity contribution in [1.82, 2.24) is 14.8 Å². The molecule has 1 aromatic heterocycles. The van der Waals surface area contributed by atoms with Crippen LogP contribution in [0.25, 0.3) is 0 Å². The van der Waals surface area contributed by atoms with Gasteiger partial charge in [-0.25, -0.2) is 9.48 Å². The molecule has 28 heavy (non-hydrogen) atoms. The smallest absolute Gasteiger partial charge is 0.338 e. The number of para-hydroxylation sites is 1. The molecule has 150 valence electrons. The number of fused-ring (bicyclic) bond motifs is 1. The molecule has 1 aromatic carbocycles. The van der Waals surface area contributed by atoms with Gasteiger partial charge in [0, 0.05) is 11.3 Å². The Kier molecular flexibility index (Phi) is 6.68. The van der Waals surface area contributed by atoms with E-state index in [0.717, 1.165) is 18.4 Å². The second-order valence-corrected chi connectivity index (χ2v) is 6.89. The van der Waals surface area contributed by atoms with Crippen molar-refractivity contribution in [2.24, 2.45) is 0 Å². The van der Waals surface area contributed by atoms with E-state index in [2.05, 4.69) is 22.3 Å². The summed E-state index contributed by atoms with van der Waals surface area (Å²) in [5, 5.41) is 7.49. The first-order chi connectivity index (χ1) is 13.7. The van der Waals surface area contributed by atoms with E-state index in [9.17, 15) is 4.79 Å². The minimum absolute atomic E-state index is 0.336. The molecule has 1 atom stereocenters. The molecule has 0 amide bonds. The zero-order valence-electron chi connectivity index (χ0n) is 16.8. The topological polar surface area (TPSA) is 78.3 Å². The van der Waals surface area contributed by atoms with Gasteiger partial charge in [0.25, 0.3) is 0 Å². The fourth-order valence-electron chi connectivity index (χ4n) is 3.48. The molecule has 0 spiro atoms. The SMILES string of the molecule is CCCCCCCOC(=O)C1=C(C)Nc2ncnn2[C@@H]1c1ccccc1OC. The lowest BCUT2D eigenvalue weighted by atomic mass is 9.95. The van der Waals surface area contributed by atoms with Crippen molar-refractivity contribution in [2.45, 2.75) is 52.0 Å². The first kappa shape index (κ1) is 19.9. The van der Waals surface area contributed by atoms with Crippen LogP contribution < -0.4 is 10.1 Å². The van der Waals surface area contributed by atoms with E-state index in [1.165, 1.54) is 25.6 Å². The number of carbonyl (C=O) groups is 1. The molecule has 0 saturated heterocycles. The monoisotopic (exact) mass is 384 g/mol. The fourth-order valence-corrected chi connectivity index (χ4v) is 3.48. The van der Waals surface area contributed by atoms with Gasteiger partial charge in [0.05, 0.1) is 19.3 Å². The standard InChI is InChI=1S/C21H28N4O3/c1-4-5-6-7-10-13-28-20(26)18-15(2)24-21-22-14-23-25(21)19(18)16-11-8-9-12-17(16)27-3/h8-9,11-12,14,19H,4-7,10,13H2,1-3H3,(H,22,23,24)/t19-/m1/s1. The first-order valence-corrected chi connectivity index (χ1v) is 9.84. The largest absolute Gasteiger partial charge is 0.496 e. The maximum atomic E-state index is 13.0. The van der Waals surface area contributed by atoms with Crippen molar-refractivity contribution in [2.75, 3.05) is 19.0 Å². The molecule has 3 rings (SSSR count). The number of methoxy groups -OCH3 is 1. The van der Waals surface area contributed by atoms with Crippen molar-refractivity contribution in [3.8, 4) is 5.75 Å². The Hall–Kier alpha value is -2.83. The Balaban J connectivity index is 1.84. The minimum Gasteiger partial charge on any atom is -0.496 e. The molecule has 0 aliphatic carbocycles. The number of allylic oxidation sites excluding steroid dienone is 1. The molecule has 0 bridgehead atoms. The Morgan fingerprint density at radius 2 is 2.00 bits per heavy atom. The third-order valence-electron chi connectivity index (χ3n) is 4.93. The van der Waals surface area contributed by atoms with Crippen molar-refractivity contribution >= 4 is 11.9 Å². The predicted molar refractivity (Wildman–Crippen MR) is 107 cm³/mol. The molecule has 7 nitrogen and oxygen atoms in total. The molecule has 0 radical (unpaired) electrons. The van der Waals surface area contributed by atoms with Crippen LogP contribution in [-0.2, 0) is 9.53 Å². The third-order valence-corrected chi connectivity index (χ3v) is 4.93. The maximum Gasteiger partial charge on any atom is 0.338 e. The summed E-state index contributed by atoms with van der Waals surface area (Å²) in [6, 6.07) is 7.17. The minimum atomic E-state index is -0.456. The average molecular weight is 384 g/mol. The summed E-state index contributed by atoms with van der Waals surface area (Å²) in [6.45, 7) is 4.46. The van der Waals surface area contributed by atoms with Crippen LogP contribution in [0.15, 0.2) is 41.9 Å². The number of benzene rings is 1. The summed E-state index contributed by atoms with van der Waals surface area (Å²) in [4.78, 5) is 17.2. The van der Waals surface area contributed by atoms with E-state index in [1.54, 1.807) is 11.8 Å². The summed E-state index contributed by atoms with van der Waals surface area (Å²) in [6.07, 6.45) is 6.99. The van der Waals surface area contributed by atoms with Gasteiger partial charge in [0.15, 0.2) is 0 Å². The highest BCUT2D eigenvalue weighted by Crippen LogP contribution is 2.38. The number of anilines is 1. The Morgan fingerprint density at radius 3 is 2.79 bits per heavy atom. The lowest BCUT2D eigenvalue weighted by Crippen LogP contribution is -2.30. The lowest BCUT2D eigenvalue weighted by molar-refractivity contribution is -0.139. The second-order valence-electron chi connectivity index (χ2n) is 6.89. The van der Waals surface area contributed by atoms with Gasteiger partial charge in [-0.1, -0.05) is 50.8 Å². The van der Waals surface area contributed by atoms with Crippen molar-refractivity contribution < 1.29 is 14.3 Å². The summed E-state index contributed by atoms with van der Waals surface area (Å²) in [5.41, 5.74) is 2.08. The van der Waals surface area contributed by atoms with Gasteiger partial charge in [-0.2, -0.15) is 10.1 Å². The van der Waals surface area contributed by atoms with E-state index >= 15 is 0 Å². The number of rotatable bonds is 9. The molecular weight excluding hydrogens is 356 g/mol. The number of aromatic nitrogens is 3. The van der Waals surface area contributed by atoms with Crippen LogP contribution in [0.5, 0.6) is 5.75 Å². The first-order valence-electron chi connectivity index (χ1n) is 9.84. The molecule has 2 heterocycles. The highest BCUT2D eigenvalue weighted by molar-refractivity contribution is 5.92. The fraction of sp³-hybridized carbons (Fsp3) is 0.476. The number of nitrogens with one attached hydrogen (secondary N) is 1. The predicted octanol–water partition coefficient (Wildman–Crippen LogP) is 4.09. The van der Waals surface area contributed by atoms with E-state index in [0.29, 0.717) is 29.6 Å². The van der Waals surface area contributed by atoms with Crippen molar-refractivity contribution in [1.29, 1.82) is 0 Å². The van der Waals surface area contributed by atoms with Crippen LogP contribution in [0.4, 0.5) is 5.95 Å². The number of carbonyl (C=O) groups excluding carboxylic acids is 1. The lowest BCUT2D eigenvalue weighted by Gasteiger charge is -2.29. The summed E-state index contributed by atoms with van der Waals surface area (Å²) in [7, 11) is 1.62. The van der Waals surface area contributed by atoms with Gasteiger partial charge in [-0.15, -0.1) is 0 Å². The van der Waals surface area contributed by atoms with E-state index < -0.39 is 6.04 Å². The van der Waals surface area contributed by atoms with Crippen LogP contribution in [0.2, 0.25) is 0 Å². The molecule has 1 N–H and O–H groups in total. The van der Waals surface area contributed by atoms with Gasteiger partial charge < -0.3 is 14.8 Å². The van der Waals surface area contributed by atoms with Gasteiger partial charge >= 0.3 is 5.97 Å². The zero-order valence-corrected chi connectivity index (χ0v) is 16.8. The van der Waals surface area contributed by atoms with Crippen LogP contribution >= 0.6 is 0 Å². The Bertz CT molecular complexity index is 844. The summed E-state index contributed by atoms with van der Waals surface area (Å²) < 4.78 is 12.8. The van der Waals surface area contributed by atoms with Crippen LogP contribution in [0.1, 0.15) is 57.6 Å². The Morgan fingerprint density at radius 1 is 1.21 bits per heavy atom. The molecule has 1 aliphatic heterocycles. The summed E-state index contributed by atoms with van der Waals surface area (Å²) >= 11 is 0. The van der Waals surface area contributed by atoms with Crippen LogP contribution in [-0.4, -0.2) is 34.5 Å². The van der Waals surface area contributed by atoms with E-state index in [1.807, 2.05) is 31.2 Å². The number of unbranched alkanes of at least 4 members (excludes halogenated alkanes) is 4. The van der Waals surface area contributed by atoms with Gasteiger partial charge in [0.2, 0.25) is 5.95 Å². The maximum absolute atomic E-state index is 13.0. The number of ether oxygens (including phenoxy) is 2. The normalized spacial score (nSPS) is 15.8. The molecule has 2 aromatic rings. The number of nitrogens with zero attached hydrogens (tertiary/aromatic N) is 3.